The molecule has 0 heterocycles. The highest BCUT2D eigenvalue weighted by atomic mass is 79.9. The molecule has 0 saturated heterocycles. The van der Waals surface area contributed by atoms with Gasteiger partial charge in [0.25, 0.3) is 0 Å². The largest absolute Gasteiger partial charge is 0.494 e. The molecule has 8 nitrogen and oxygen atoms in total. The number of unbranched alkanes of at least 4 members (excludes halogenated alkanes) is 1. The summed E-state index contributed by atoms with van der Waals surface area (Å²) in [6.45, 7) is 3.29. The molecule has 2 N–H and O–H groups in total. The van der Waals surface area contributed by atoms with Crippen molar-refractivity contribution in [2.24, 2.45) is 0 Å². The van der Waals surface area contributed by atoms with E-state index in [0.717, 1.165) is 23.1 Å². The van der Waals surface area contributed by atoms with Crippen LogP contribution in [0.3, 0.4) is 0 Å². The topological polar surface area (TPSA) is 95.1 Å². The van der Waals surface area contributed by atoms with Crippen LogP contribution in [0.25, 0.3) is 11.1 Å². The average molecular weight is 626 g/mol. The number of benzene rings is 3. The van der Waals surface area contributed by atoms with Crippen LogP contribution in [0, 0.1) is 0 Å². The summed E-state index contributed by atoms with van der Waals surface area (Å²) in [6.07, 6.45) is 1.55. The monoisotopic (exact) mass is 624 g/mol. The van der Waals surface area contributed by atoms with E-state index in [1.165, 1.54) is 22.3 Å². The molecule has 3 aromatic rings. The van der Waals surface area contributed by atoms with Gasteiger partial charge in [0.1, 0.15) is 12.4 Å². The van der Waals surface area contributed by atoms with Gasteiger partial charge in [0.15, 0.2) is 0 Å². The Morgan fingerprint density at radius 1 is 0.707 bits per heavy atom. The van der Waals surface area contributed by atoms with Crippen LogP contribution in [-0.2, 0) is 19.0 Å². The number of hydrogen-bond acceptors (Lipinski definition) is 6. The minimum Gasteiger partial charge on any atom is -0.494 e. The molecule has 0 unspecified atom stereocenters. The molecule has 0 aromatic heterocycles. The Morgan fingerprint density at radius 2 is 1.37 bits per heavy atom. The van der Waals surface area contributed by atoms with Crippen LogP contribution >= 0.6 is 15.9 Å². The van der Waals surface area contributed by atoms with Gasteiger partial charge < -0.3 is 29.6 Å². The second-order valence-electron chi connectivity index (χ2n) is 9.59. The Morgan fingerprint density at radius 3 is 2.07 bits per heavy atom. The van der Waals surface area contributed by atoms with Crippen LogP contribution < -0.4 is 15.4 Å². The van der Waals surface area contributed by atoms with Crippen LogP contribution in [0.4, 0.5) is 4.79 Å². The van der Waals surface area contributed by atoms with E-state index in [1.807, 2.05) is 48.5 Å². The molecule has 9 heteroatoms. The fourth-order valence-corrected chi connectivity index (χ4v) is 4.89. The van der Waals surface area contributed by atoms with Crippen LogP contribution in [0.1, 0.15) is 36.3 Å². The molecule has 0 aliphatic heterocycles. The molecular weight excluding hydrogens is 588 g/mol. The zero-order valence-corrected chi connectivity index (χ0v) is 24.7. The van der Waals surface area contributed by atoms with Crippen LogP contribution in [-0.4, -0.2) is 64.7 Å². The van der Waals surface area contributed by atoms with Crippen molar-refractivity contribution >= 4 is 27.9 Å². The van der Waals surface area contributed by atoms with Gasteiger partial charge in [-0.15, -0.1) is 0 Å². The molecule has 0 fully saturated rings. The number of halogens is 1. The van der Waals surface area contributed by atoms with Gasteiger partial charge in [0, 0.05) is 29.9 Å². The number of amides is 2. The normalized spacial score (nSPS) is 11.9. The first kappa shape index (κ1) is 30.6. The molecule has 0 spiro atoms. The van der Waals surface area contributed by atoms with Crippen molar-refractivity contribution in [1.82, 2.24) is 10.6 Å². The minimum absolute atomic E-state index is 0.0336. The lowest BCUT2D eigenvalue weighted by atomic mass is 9.98. The number of hydrogen-bond donors (Lipinski definition) is 2. The van der Waals surface area contributed by atoms with E-state index in [-0.39, 0.29) is 18.4 Å². The Balaban J connectivity index is 0.952. The summed E-state index contributed by atoms with van der Waals surface area (Å²) in [5, 5.41) is 5.62. The highest BCUT2D eigenvalue weighted by molar-refractivity contribution is 9.10. The third-order valence-corrected chi connectivity index (χ3v) is 7.21. The summed E-state index contributed by atoms with van der Waals surface area (Å²) in [5.74, 6) is 0.837. The molecule has 218 valence electrons. The van der Waals surface area contributed by atoms with Gasteiger partial charge in [-0.25, -0.2) is 4.79 Å². The maximum absolute atomic E-state index is 12.2. The summed E-state index contributed by atoms with van der Waals surface area (Å²) >= 11 is 3.40. The highest BCUT2D eigenvalue weighted by Crippen LogP contribution is 2.44. The van der Waals surface area contributed by atoms with E-state index in [0.29, 0.717) is 52.5 Å². The van der Waals surface area contributed by atoms with Gasteiger partial charge in [0.2, 0.25) is 5.91 Å². The van der Waals surface area contributed by atoms with E-state index in [4.69, 9.17) is 18.9 Å². The first-order chi connectivity index (χ1) is 20.1. The number of nitrogens with one attached hydrogen (secondary N) is 2. The second kappa shape index (κ2) is 16.8. The molecule has 0 atom stereocenters. The zero-order valence-electron chi connectivity index (χ0n) is 23.1. The number of alkyl carbamates (subject to hydrolysis) is 1. The lowest BCUT2D eigenvalue weighted by Gasteiger charge is -2.14. The van der Waals surface area contributed by atoms with Crippen molar-refractivity contribution in [2.75, 3.05) is 52.7 Å². The summed E-state index contributed by atoms with van der Waals surface area (Å²) in [4.78, 5) is 24.1. The van der Waals surface area contributed by atoms with Gasteiger partial charge in [-0.05, 0) is 59.4 Å². The van der Waals surface area contributed by atoms with Crippen molar-refractivity contribution in [1.29, 1.82) is 0 Å². The number of fused-ring (bicyclic) bond motifs is 3. The highest BCUT2D eigenvalue weighted by Gasteiger charge is 2.28. The Bertz CT molecular complexity index is 1210. The summed E-state index contributed by atoms with van der Waals surface area (Å²) in [5.41, 5.74) is 4.76. The second-order valence-corrected chi connectivity index (χ2v) is 10.5. The number of ether oxygens (including phenoxy) is 4. The molecule has 1 aliphatic rings. The number of carbonyl (C=O) groups excluding carboxylic acids is 2. The van der Waals surface area contributed by atoms with Crippen molar-refractivity contribution in [3.8, 4) is 16.9 Å². The molecule has 0 saturated carbocycles. The fourth-order valence-electron chi connectivity index (χ4n) is 4.63. The molecule has 41 heavy (non-hydrogen) atoms. The maximum atomic E-state index is 12.2. The van der Waals surface area contributed by atoms with E-state index in [2.05, 4.69) is 50.8 Å². The standard InChI is InChI=1S/C32H37BrN2O6/c33-24-11-13-25(14-12-24)40-18-6-5-16-34-31(36)15-19-38-21-22-39-20-17-35-32(37)41-23-30-28-9-3-1-7-26(28)27-8-2-4-10-29(27)30/h1-4,7-14,30H,5-6,15-23H2,(H,34,36)(H,35,37). The van der Waals surface area contributed by atoms with E-state index in [1.54, 1.807) is 0 Å². The van der Waals surface area contributed by atoms with Gasteiger partial charge in [0.05, 0.1) is 33.0 Å². The summed E-state index contributed by atoms with van der Waals surface area (Å²) in [6, 6.07) is 24.2. The van der Waals surface area contributed by atoms with Crippen molar-refractivity contribution in [2.45, 2.75) is 25.2 Å². The average Bonchev–Trinajstić information content (AvgIpc) is 3.31. The lowest BCUT2D eigenvalue weighted by molar-refractivity contribution is -0.122. The molecular formula is C32H37BrN2O6. The van der Waals surface area contributed by atoms with Crippen molar-refractivity contribution in [3.05, 3.63) is 88.4 Å². The van der Waals surface area contributed by atoms with Gasteiger partial charge in [-0.3, -0.25) is 4.79 Å². The van der Waals surface area contributed by atoms with Gasteiger partial charge >= 0.3 is 6.09 Å². The van der Waals surface area contributed by atoms with Gasteiger partial charge in [-0.1, -0.05) is 64.5 Å². The SMILES string of the molecule is O=C(CCOCCOCCNC(=O)OCC1c2ccccc2-c2ccccc21)NCCCCOc1ccc(Br)cc1. The lowest BCUT2D eigenvalue weighted by Crippen LogP contribution is -2.29. The third kappa shape index (κ3) is 9.88. The minimum atomic E-state index is -0.463. The smallest absolute Gasteiger partial charge is 0.407 e. The van der Waals surface area contributed by atoms with E-state index in [9.17, 15) is 9.59 Å². The quantitative estimate of drug-likeness (QED) is 0.187. The Kier molecular flexibility index (Phi) is 12.5. The fraction of sp³-hybridized carbons (Fsp3) is 0.375. The van der Waals surface area contributed by atoms with Crippen LogP contribution in [0.15, 0.2) is 77.3 Å². The first-order valence-electron chi connectivity index (χ1n) is 14.0. The first-order valence-corrected chi connectivity index (χ1v) is 14.8. The molecule has 0 bridgehead atoms. The predicted octanol–water partition coefficient (Wildman–Crippen LogP) is 5.69. The third-order valence-electron chi connectivity index (χ3n) is 6.68. The Hall–Kier alpha value is -3.40. The molecule has 2 amide bonds. The van der Waals surface area contributed by atoms with Crippen LogP contribution in [0.5, 0.6) is 5.75 Å². The van der Waals surface area contributed by atoms with E-state index < -0.39 is 6.09 Å². The molecule has 3 aromatic carbocycles. The number of carbonyl (C=O) groups is 2. The molecule has 1 aliphatic carbocycles. The Labute approximate surface area is 249 Å². The van der Waals surface area contributed by atoms with Crippen molar-refractivity contribution in [3.63, 3.8) is 0 Å². The zero-order chi connectivity index (χ0) is 28.7. The predicted molar refractivity (Wildman–Crippen MR) is 161 cm³/mol. The maximum Gasteiger partial charge on any atom is 0.407 e. The van der Waals surface area contributed by atoms with Crippen LogP contribution in [0.2, 0.25) is 0 Å². The van der Waals surface area contributed by atoms with Gasteiger partial charge in [-0.2, -0.15) is 0 Å². The van der Waals surface area contributed by atoms with Crippen molar-refractivity contribution < 1.29 is 28.5 Å². The van der Waals surface area contributed by atoms with E-state index >= 15 is 0 Å². The summed E-state index contributed by atoms with van der Waals surface area (Å²) in [7, 11) is 0. The molecule has 0 radical (unpaired) electrons. The number of rotatable bonds is 17. The summed E-state index contributed by atoms with van der Waals surface area (Å²) < 4.78 is 23.2. The molecule has 4 rings (SSSR count).